The molecule has 0 heterocycles. The minimum atomic E-state index is -0.680. The highest BCUT2D eigenvalue weighted by Crippen LogP contribution is 2.20. The summed E-state index contributed by atoms with van der Waals surface area (Å²) in [6, 6.07) is 13.3. The van der Waals surface area contributed by atoms with Crippen LogP contribution in [0.4, 0.5) is 11.4 Å². The molecule has 0 unspecified atom stereocenters. The maximum atomic E-state index is 11.9. The Morgan fingerprint density at radius 1 is 1.14 bits per heavy atom. The summed E-state index contributed by atoms with van der Waals surface area (Å²) in [5.74, 6) is -0.665. The Balaban J connectivity index is 1.80. The quantitative estimate of drug-likeness (QED) is 0.318. The second-order valence-electron chi connectivity index (χ2n) is 6.27. The van der Waals surface area contributed by atoms with Gasteiger partial charge in [-0.25, -0.2) is 4.79 Å². The number of benzene rings is 2. The first kappa shape index (κ1) is 20.8. The SMILES string of the molecule is CC[C@@H](C)c1ccc(NC(=O)COC(=O)/C=C/c2ccc([N+](=O)[O-])cc2)cc1. The molecule has 28 heavy (non-hydrogen) atoms. The molecule has 0 spiro atoms. The lowest BCUT2D eigenvalue weighted by atomic mass is 9.99. The van der Waals surface area contributed by atoms with Gasteiger partial charge in [-0.05, 0) is 53.8 Å². The predicted octanol–water partition coefficient (Wildman–Crippen LogP) is 4.30. The van der Waals surface area contributed by atoms with Gasteiger partial charge in [-0.1, -0.05) is 26.0 Å². The number of hydrogen-bond donors (Lipinski definition) is 1. The van der Waals surface area contributed by atoms with E-state index in [2.05, 4.69) is 19.2 Å². The van der Waals surface area contributed by atoms with Crippen LogP contribution in [0.1, 0.15) is 37.3 Å². The van der Waals surface area contributed by atoms with Crippen molar-refractivity contribution in [2.75, 3.05) is 11.9 Å². The number of nitro groups is 1. The molecule has 0 bridgehead atoms. The van der Waals surface area contributed by atoms with Crippen molar-refractivity contribution >= 4 is 29.3 Å². The van der Waals surface area contributed by atoms with Crippen LogP contribution in [0.2, 0.25) is 0 Å². The molecule has 7 heteroatoms. The normalized spacial score (nSPS) is 11.8. The Labute approximate surface area is 163 Å². The molecular formula is C21H22N2O5. The van der Waals surface area contributed by atoms with Gasteiger partial charge in [-0.2, -0.15) is 0 Å². The molecule has 0 aromatic heterocycles. The van der Waals surface area contributed by atoms with Crippen molar-refractivity contribution < 1.29 is 19.2 Å². The molecule has 1 atom stereocenters. The number of nitro benzene ring substituents is 1. The van der Waals surface area contributed by atoms with Gasteiger partial charge in [0.2, 0.25) is 0 Å². The van der Waals surface area contributed by atoms with Crippen molar-refractivity contribution in [3.05, 3.63) is 75.8 Å². The molecule has 2 aromatic rings. The summed E-state index contributed by atoms with van der Waals surface area (Å²) in [5, 5.41) is 13.3. The van der Waals surface area contributed by atoms with E-state index in [1.807, 2.05) is 24.3 Å². The van der Waals surface area contributed by atoms with Crippen LogP contribution in [0.25, 0.3) is 6.08 Å². The number of anilines is 1. The minimum Gasteiger partial charge on any atom is -0.452 e. The number of non-ortho nitro benzene ring substituents is 1. The molecule has 0 radical (unpaired) electrons. The summed E-state index contributed by atoms with van der Waals surface area (Å²) in [5.41, 5.74) is 2.40. The molecule has 0 aliphatic carbocycles. The fourth-order valence-corrected chi connectivity index (χ4v) is 2.38. The number of carbonyl (C=O) groups is 2. The second kappa shape index (κ2) is 10.0. The van der Waals surface area contributed by atoms with Crippen molar-refractivity contribution in [2.24, 2.45) is 0 Å². The number of ether oxygens (including phenoxy) is 1. The van der Waals surface area contributed by atoms with E-state index < -0.39 is 23.4 Å². The average Bonchev–Trinajstić information content (AvgIpc) is 2.71. The van der Waals surface area contributed by atoms with E-state index in [1.165, 1.54) is 35.9 Å². The number of hydrogen-bond acceptors (Lipinski definition) is 5. The number of carbonyl (C=O) groups excluding carboxylic acids is 2. The highest BCUT2D eigenvalue weighted by molar-refractivity contribution is 5.94. The van der Waals surface area contributed by atoms with Gasteiger partial charge in [-0.15, -0.1) is 0 Å². The first-order chi connectivity index (χ1) is 13.4. The van der Waals surface area contributed by atoms with Crippen molar-refractivity contribution in [1.82, 2.24) is 0 Å². The first-order valence-corrected chi connectivity index (χ1v) is 8.88. The summed E-state index contributed by atoms with van der Waals surface area (Å²) in [7, 11) is 0. The third kappa shape index (κ3) is 6.35. The third-order valence-electron chi connectivity index (χ3n) is 4.24. The van der Waals surface area contributed by atoms with Crippen molar-refractivity contribution in [1.29, 1.82) is 0 Å². The zero-order chi connectivity index (χ0) is 20.5. The molecule has 2 aromatic carbocycles. The van der Waals surface area contributed by atoms with E-state index in [9.17, 15) is 19.7 Å². The largest absolute Gasteiger partial charge is 0.452 e. The summed E-state index contributed by atoms with van der Waals surface area (Å²) in [6.07, 6.45) is 3.65. The Morgan fingerprint density at radius 2 is 1.79 bits per heavy atom. The van der Waals surface area contributed by atoms with Crippen LogP contribution >= 0.6 is 0 Å². The van der Waals surface area contributed by atoms with Crippen LogP contribution in [0.5, 0.6) is 0 Å². The molecule has 0 fully saturated rings. The molecule has 2 rings (SSSR count). The van der Waals surface area contributed by atoms with Crippen LogP contribution < -0.4 is 5.32 Å². The second-order valence-corrected chi connectivity index (χ2v) is 6.27. The first-order valence-electron chi connectivity index (χ1n) is 8.88. The topological polar surface area (TPSA) is 98.5 Å². The number of nitrogens with one attached hydrogen (secondary N) is 1. The lowest BCUT2D eigenvalue weighted by molar-refractivity contribution is -0.384. The Bertz CT molecular complexity index is 857. The van der Waals surface area contributed by atoms with Crippen LogP contribution in [0.15, 0.2) is 54.6 Å². The summed E-state index contributed by atoms with van der Waals surface area (Å²) in [6.45, 7) is 3.85. The molecular weight excluding hydrogens is 360 g/mol. The predicted molar refractivity (Wildman–Crippen MR) is 107 cm³/mol. The van der Waals surface area contributed by atoms with Gasteiger partial charge >= 0.3 is 5.97 Å². The zero-order valence-corrected chi connectivity index (χ0v) is 15.8. The smallest absolute Gasteiger partial charge is 0.331 e. The Kier molecular flexibility index (Phi) is 7.45. The highest BCUT2D eigenvalue weighted by atomic mass is 16.6. The molecule has 146 valence electrons. The van der Waals surface area contributed by atoms with E-state index >= 15 is 0 Å². The Morgan fingerprint density at radius 3 is 2.36 bits per heavy atom. The number of rotatable bonds is 8. The fourth-order valence-electron chi connectivity index (χ4n) is 2.38. The van der Waals surface area contributed by atoms with Gasteiger partial charge < -0.3 is 10.1 Å². The van der Waals surface area contributed by atoms with Crippen molar-refractivity contribution in [3.63, 3.8) is 0 Å². The minimum absolute atomic E-state index is 0.0337. The van der Waals surface area contributed by atoms with Gasteiger partial charge in [0.15, 0.2) is 6.61 Å². The van der Waals surface area contributed by atoms with Gasteiger partial charge in [-0.3, -0.25) is 14.9 Å². The van der Waals surface area contributed by atoms with Gasteiger partial charge in [0, 0.05) is 23.9 Å². The number of esters is 1. The molecule has 0 saturated heterocycles. The van der Waals surface area contributed by atoms with Crippen LogP contribution in [-0.4, -0.2) is 23.4 Å². The van der Waals surface area contributed by atoms with Crippen LogP contribution in [0, 0.1) is 10.1 Å². The molecule has 1 amide bonds. The summed E-state index contributed by atoms with van der Waals surface area (Å²) in [4.78, 5) is 33.7. The summed E-state index contributed by atoms with van der Waals surface area (Å²) < 4.78 is 4.89. The van der Waals surface area contributed by atoms with E-state index in [0.29, 0.717) is 17.2 Å². The third-order valence-corrected chi connectivity index (χ3v) is 4.24. The van der Waals surface area contributed by atoms with Crippen molar-refractivity contribution in [3.8, 4) is 0 Å². The van der Waals surface area contributed by atoms with Crippen LogP contribution in [0.3, 0.4) is 0 Å². The monoisotopic (exact) mass is 382 g/mol. The van der Waals surface area contributed by atoms with Crippen LogP contribution in [-0.2, 0) is 14.3 Å². The maximum absolute atomic E-state index is 11.9. The molecule has 1 N–H and O–H groups in total. The van der Waals surface area contributed by atoms with E-state index in [1.54, 1.807) is 0 Å². The van der Waals surface area contributed by atoms with Gasteiger partial charge in [0.1, 0.15) is 0 Å². The van der Waals surface area contributed by atoms with E-state index in [-0.39, 0.29) is 5.69 Å². The lowest BCUT2D eigenvalue weighted by Crippen LogP contribution is -2.20. The number of nitrogens with zero attached hydrogens (tertiary/aromatic N) is 1. The fraction of sp³-hybridized carbons (Fsp3) is 0.238. The average molecular weight is 382 g/mol. The van der Waals surface area contributed by atoms with Crippen molar-refractivity contribution in [2.45, 2.75) is 26.2 Å². The van der Waals surface area contributed by atoms with E-state index in [0.717, 1.165) is 12.5 Å². The zero-order valence-electron chi connectivity index (χ0n) is 15.8. The van der Waals surface area contributed by atoms with Gasteiger partial charge in [0.25, 0.3) is 11.6 Å². The summed E-state index contributed by atoms with van der Waals surface area (Å²) >= 11 is 0. The van der Waals surface area contributed by atoms with Gasteiger partial charge in [0.05, 0.1) is 4.92 Å². The standard InChI is InChI=1S/C21H22N2O5/c1-3-15(2)17-7-9-18(10-8-17)22-20(24)14-28-21(25)13-6-16-4-11-19(12-5-16)23(26)27/h4-13,15H,3,14H2,1-2H3,(H,22,24)/b13-6+/t15-/m1/s1. The van der Waals surface area contributed by atoms with E-state index in [4.69, 9.17) is 4.74 Å². The highest BCUT2D eigenvalue weighted by Gasteiger charge is 2.08. The lowest BCUT2D eigenvalue weighted by Gasteiger charge is -2.10. The molecule has 0 aliphatic rings. The number of amides is 1. The molecule has 0 aliphatic heterocycles. The Hall–Kier alpha value is -3.48. The molecule has 0 saturated carbocycles. The maximum Gasteiger partial charge on any atom is 0.331 e. The molecule has 7 nitrogen and oxygen atoms in total.